The van der Waals surface area contributed by atoms with Gasteiger partial charge in [-0.25, -0.2) is 0 Å². The molecule has 0 bridgehead atoms. The van der Waals surface area contributed by atoms with Gasteiger partial charge in [0, 0.05) is 49.8 Å². The van der Waals surface area contributed by atoms with Crippen molar-refractivity contribution in [3.05, 3.63) is 181 Å². The van der Waals surface area contributed by atoms with Gasteiger partial charge in [0.05, 0.1) is 22.2 Å². The molecule has 0 N–H and O–H groups in total. The monoisotopic (exact) mass is 819 g/mol. The van der Waals surface area contributed by atoms with E-state index in [0.717, 1.165) is 5.69 Å². The van der Waals surface area contributed by atoms with Gasteiger partial charge in [0.15, 0.2) is 0 Å². The second-order valence-electron chi connectivity index (χ2n) is 20.5. The molecule has 0 saturated heterocycles. The van der Waals surface area contributed by atoms with Crippen LogP contribution in [0.1, 0.15) is 52.7 Å². The Hall–Kier alpha value is -7.30. The molecule has 3 aliphatic rings. The average Bonchev–Trinajstić information content (AvgIpc) is 3.79. The lowest BCUT2D eigenvalue weighted by atomic mass is 9.33. The molecule has 304 valence electrons. The van der Waals surface area contributed by atoms with Gasteiger partial charge in [-0.1, -0.05) is 163 Å². The van der Waals surface area contributed by atoms with Gasteiger partial charge in [0.25, 0.3) is 6.71 Å². The minimum Gasteiger partial charge on any atom is -0.311 e. The van der Waals surface area contributed by atoms with Crippen LogP contribution in [0.15, 0.2) is 170 Å². The summed E-state index contributed by atoms with van der Waals surface area (Å²) in [5.74, 6) is 0. The van der Waals surface area contributed by atoms with Crippen molar-refractivity contribution in [2.24, 2.45) is 0 Å². The van der Waals surface area contributed by atoms with Crippen LogP contribution >= 0.6 is 0 Å². The molecule has 14 rings (SSSR count). The van der Waals surface area contributed by atoms with E-state index in [-0.39, 0.29) is 17.5 Å². The maximum Gasteiger partial charge on any atom is 0.252 e. The number of hydrogen-bond acceptors (Lipinski definition) is 1. The van der Waals surface area contributed by atoms with Crippen molar-refractivity contribution in [1.29, 1.82) is 0 Å². The van der Waals surface area contributed by atoms with Crippen LogP contribution in [0, 0.1) is 0 Å². The summed E-state index contributed by atoms with van der Waals surface area (Å²) in [6, 6.07) is 65.3. The summed E-state index contributed by atoms with van der Waals surface area (Å²) < 4.78 is 5.18. The normalized spacial score (nSPS) is 13.7. The lowest BCUT2D eigenvalue weighted by molar-refractivity contribution is 0.590. The molecule has 11 aromatic rings. The van der Waals surface area contributed by atoms with Gasteiger partial charge in [-0.05, 0) is 120 Å². The number of fused-ring (bicyclic) bond motifs is 10. The summed E-state index contributed by atoms with van der Waals surface area (Å²) >= 11 is 0. The minimum absolute atomic E-state index is 0.0146. The molecule has 0 fully saturated rings. The predicted molar refractivity (Wildman–Crippen MR) is 274 cm³/mol. The molecule has 1 aliphatic carbocycles. The third-order valence-corrected chi connectivity index (χ3v) is 14.9. The highest BCUT2D eigenvalue weighted by Crippen LogP contribution is 2.51. The van der Waals surface area contributed by atoms with Crippen LogP contribution in [-0.2, 0) is 10.8 Å². The molecule has 2 aliphatic heterocycles. The summed E-state index contributed by atoms with van der Waals surface area (Å²) in [6.45, 7) is 14.0. The fraction of sp³-hybridized carbons (Fsp3) is 0.133. The van der Waals surface area contributed by atoms with Crippen molar-refractivity contribution in [1.82, 2.24) is 9.13 Å². The smallest absolute Gasteiger partial charge is 0.252 e. The highest BCUT2D eigenvalue weighted by molar-refractivity contribution is 7.00. The van der Waals surface area contributed by atoms with Crippen molar-refractivity contribution < 1.29 is 0 Å². The molecule has 9 aromatic carbocycles. The number of rotatable bonds is 2. The summed E-state index contributed by atoms with van der Waals surface area (Å²) in [6.07, 6.45) is 0. The number of aromatic nitrogens is 2. The minimum atomic E-state index is -0.0146. The van der Waals surface area contributed by atoms with Gasteiger partial charge in [-0.2, -0.15) is 0 Å². The summed E-state index contributed by atoms with van der Waals surface area (Å²) in [7, 11) is 0. The van der Waals surface area contributed by atoms with Crippen LogP contribution < -0.4 is 21.3 Å². The molecule has 4 heteroatoms. The van der Waals surface area contributed by atoms with E-state index in [2.05, 4.69) is 225 Å². The second-order valence-corrected chi connectivity index (χ2v) is 20.5. The van der Waals surface area contributed by atoms with E-state index in [9.17, 15) is 0 Å². The van der Waals surface area contributed by atoms with Crippen LogP contribution in [0.5, 0.6) is 0 Å². The summed E-state index contributed by atoms with van der Waals surface area (Å²) in [5.41, 5.74) is 23.0. The molecular formula is C60H46BN3. The van der Waals surface area contributed by atoms with Crippen molar-refractivity contribution >= 4 is 94.5 Å². The lowest BCUT2D eigenvalue weighted by Crippen LogP contribution is -2.60. The molecule has 64 heavy (non-hydrogen) atoms. The number of hydrogen-bond donors (Lipinski definition) is 0. The first-order valence-corrected chi connectivity index (χ1v) is 22.9. The van der Waals surface area contributed by atoms with E-state index in [4.69, 9.17) is 0 Å². The molecule has 0 saturated carbocycles. The fourth-order valence-electron chi connectivity index (χ4n) is 12.0. The second kappa shape index (κ2) is 12.2. The van der Waals surface area contributed by atoms with E-state index in [0.29, 0.717) is 0 Å². The van der Waals surface area contributed by atoms with Gasteiger partial charge in [0.1, 0.15) is 0 Å². The number of para-hydroxylation sites is 2. The molecule has 3 nitrogen and oxygen atoms in total. The Bertz CT molecular complexity index is 3870. The Morgan fingerprint density at radius 3 is 1.80 bits per heavy atom. The van der Waals surface area contributed by atoms with Gasteiger partial charge < -0.3 is 14.0 Å². The predicted octanol–water partition coefficient (Wildman–Crippen LogP) is 13.9. The Morgan fingerprint density at radius 2 is 1.02 bits per heavy atom. The Labute approximate surface area is 373 Å². The van der Waals surface area contributed by atoms with Crippen molar-refractivity contribution in [2.75, 3.05) is 4.90 Å². The quantitative estimate of drug-likeness (QED) is 0.158. The van der Waals surface area contributed by atoms with Gasteiger partial charge >= 0.3 is 0 Å². The third kappa shape index (κ3) is 4.62. The topological polar surface area (TPSA) is 13.1 Å². The maximum absolute atomic E-state index is 2.60. The third-order valence-electron chi connectivity index (χ3n) is 14.9. The van der Waals surface area contributed by atoms with E-state index in [1.807, 2.05) is 0 Å². The Balaban J connectivity index is 1.16. The highest BCUT2D eigenvalue weighted by atomic mass is 15.2. The van der Waals surface area contributed by atoms with E-state index in [1.54, 1.807) is 0 Å². The molecule has 0 atom stereocenters. The van der Waals surface area contributed by atoms with E-state index < -0.39 is 0 Å². The summed E-state index contributed by atoms with van der Waals surface area (Å²) in [4.78, 5) is 2.58. The van der Waals surface area contributed by atoms with Crippen molar-refractivity contribution in [2.45, 2.75) is 52.4 Å². The average molecular weight is 820 g/mol. The first-order valence-electron chi connectivity index (χ1n) is 22.9. The van der Waals surface area contributed by atoms with Crippen molar-refractivity contribution in [3.8, 4) is 33.6 Å². The Kier molecular flexibility index (Phi) is 6.93. The zero-order valence-corrected chi connectivity index (χ0v) is 37.1. The molecule has 0 spiro atoms. The molecule has 0 amide bonds. The standard InChI is InChI=1S/C60H46BN3/c1-59(2,3)36-25-28-38(29-26-36)62-49-31-27-37(60(4,5)6)32-47(49)61-46-21-12-20-45-42-17-9-10-22-48(42)64(58(45)46)53-34-39(33-52(62)57(53)61)63-50-23-13-19-44-41-16-8-7-15-40(41)43-18-11-14-35-24-30-51(63)56(54(35)43)55(44)50/h7-34H,1-6H3. The molecule has 2 aromatic heterocycles. The van der Waals surface area contributed by atoms with E-state index in [1.165, 1.54) is 127 Å². The van der Waals surface area contributed by atoms with Gasteiger partial charge in [-0.3, -0.25) is 0 Å². The van der Waals surface area contributed by atoms with Crippen LogP contribution in [0.3, 0.4) is 0 Å². The van der Waals surface area contributed by atoms with Crippen LogP contribution in [0.2, 0.25) is 0 Å². The first-order chi connectivity index (χ1) is 31.0. The van der Waals surface area contributed by atoms with E-state index >= 15 is 0 Å². The molecule has 0 unspecified atom stereocenters. The number of benzene rings is 9. The Morgan fingerprint density at radius 1 is 0.391 bits per heavy atom. The SMILES string of the molecule is CC(C)(C)c1ccc(N2c3ccc(C(C)(C)C)cc3B3c4c2cc(-n2c5cccc6c5c5c7c(cccc7ccc52)-c2ccccc2-6)cc4-n2c4ccccc4c4cccc3c42)cc1. The largest absolute Gasteiger partial charge is 0.311 e. The first kappa shape index (κ1) is 36.2. The number of anilines is 3. The highest BCUT2D eigenvalue weighted by Gasteiger charge is 2.43. The van der Waals surface area contributed by atoms with Crippen LogP contribution in [0.4, 0.5) is 17.1 Å². The summed E-state index contributed by atoms with van der Waals surface area (Å²) in [5, 5.41) is 7.84. The molecular weight excluding hydrogens is 773 g/mol. The molecule has 0 radical (unpaired) electrons. The van der Waals surface area contributed by atoms with Crippen LogP contribution in [-0.4, -0.2) is 15.8 Å². The van der Waals surface area contributed by atoms with Gasteiger partial charge in [-0.15, -0.1) is 0 Å². The van der Waals surface area contributed by atoms with Gasteiger partial charge in [0.2, 0.25) is 0 Å². The van der Waals surface area contributed by atoms with Crippen LogP contribution in [0.25, 0.3) is 88.0 Å². The molecule has 4 heterocycles. The lowest BCUT2D eigenvalue weighted by Gasteiger charge is -2.41. The fourth-order valence-corrected chi connectivity index (χ4v) is 12.0. The number of nitrogens with zero attached hydrogens (tertiary/aromatic N) is 3. The zero-order valence-electron chi connectivity index (χ0n) is 37.1. The zero-order chi connectivity index (χ0) is 43.0. The van der Waals surface area contributed by atoms with Crippen molar-refractivity contribution in [3.63, 3.8) is 0 Å². The maximum atomic E-state index is 2.60.